The minimum Gasteiger partial charge on any atom is -0.508 e. The molecule has 2 N–H and O–H groups in total. The predicted octanol–water partition coefficient (Wildman–Crippen LogP) is 2.24. The Morgan fingerprint density at radius 3 is 1.91 bits per heavy atom. The molecule has 0 fully saturated rings. The molecular weight excluding hydrogens is 292 g/mol. The van der Waals surface area contributed by atoms with E-state index in [0.29, 0.717) is 5.56 Å². The van der Waals surface area contributed by atoms with Crippen molar-refractivity contribution in [2.45, 2.75) is 0 Å². The Morgan fingerprint density at radius 2 is 1.32 bits per heavy atom. The second-order valence-electron chi connectivity index (χ2n) is 4.71. The Hall–Kier alpha value is -3.02. The number of amides is 2. The van der Waals surface area contributed by atoms with Crippen LogP contribution in [0.2, 0.25) is 0 Å². The maximum absolute atomic E-state index is 13.4. The smallest absolute Gasteiger partial charge is 0.259 e. The highest BCUT2D eigenvalue weighted by molar-refractivity contribution is 6.49. The van der Waals surface area contributed by atoms with Crippen molar-refractivity contribution in [1.82, 2.24) is 5.32 Å². The summed E-state index contributed by atoms with van der Waals surface area (Å²) in [6, 6.07) is 8.63. The quantitative estimate of drug-likeness (QED) is 0.836. The average molecular weight is 301 g/mol. The lowest BCUT2D eigenvalue weighted by Crippen LogP contribution is -2.22. The zero-order chi connectivity index (χ0) is 15.9. The maximum atomic E-state index is 13.4. The highest BCUT2D eigenvalue weighted by atomic mass is 19.2. The number of carbonyl (C=O) groups excluding carboxylic acids is 2. The minimum atomic E-state index is -1.11. The van der Waals surface area contributed by atoms with Gasteiger partial charge in [0.2, 0.25) is 0 Å². The minimum absolute atomic E-state index is 0.00320. The third-order valence-corrected chi connectivity index (χ3v) is 3.30. The summed E-state index contributed by atoms with van der Waals surface area (Å²) in [6.45, 7) is 0. The van der Waals surface area contributed by atoms with E-state index in [1.54, 1.807) is 0 Å². The van der Waals surface area contributed by atoms with Crippen LogP contribution in [-0.4, -0.2) is 16.9 Å². The van der Waals surface area contributed by atoms with Gasteiger partial charge in [0.15, 0.2) is 11.6 Å². The number of carbonyl (C=O) groups is 2. The summed E-state index contributed by atoms with van der Waals surface area (Å²) in [5.74, 6) is -3.46. The summed E-state index contributed by atoms with van der Waals surface area (Å²) in [4.78, 5) is 24.0. The molecule has 22 heavy (non-hydrogen) atoms. The number of phenols is 1. The van der Waals surface area contributed by atoms with E-state index in [4.69, 9.17) is 0 Å². The van der Waals surface area contributed by atoms with Gasteiger partial charge in [-0.3, -0.25) is 14.9 Å². The Morgan fingerprint density at radius 1 is 0.773 bits per heavy atom. The highest BCUT2D eigenvalue weighted by Crippen LogP contribution is 2.32. The van der Waals surface area contributed by atoms with Crippen molar-refractivity contribution in [3.05, 3.63) is 65.2 Å². The fourth-order valence-corrected chi connectivity index (χ4v) is 2.29. The van der Waals surface area contributed by atoms with Gasteiger partial charge in [-0.2, -0.15) is 0 Å². The number of hydrogen-bond donors (Lipinski definition) is 2. The van der Waals surface area contributed by atoms with E-state index in [9.17, 15) is 23.5 Å². The third kappa shape index (κ3) is 2.24. The van der Waals surface area contributed by atoms with Gasteiger partial charge in [0.1, 0.15) is 5.75 Å². The summed E-state index contributed by atoms with van der Waals surface area (Å²) >= 11 is 0. The molecule has 4 nitrogen and oxygen atoms in total. The van der Waals surface area contributed by atoms with Gasteiger partial charge in [-0.25, -0.2) is 8.78 Å². The van der Waals surface area contributed by atoms with Gasteiger partial charge in [-0.1, -0.05) is 18.2 Å². The molecule has 0 bridgehead atoms. The molecule has 1 aliphatic rings. The number of hydrogen-bond acceptors (Lipinski definition) is 3. The highest BCUT2D eigenvalue weighted by Gasteiger charge is 2.32. The van der Waals surface area contributed by atoms with E-state index in [1.807, 2.05) is 0 Å². The fourth-order valence-electron chi connectivity index (χ4n) is 2.29. The van der Waals surface area contributed by atoms with Gasteiger partial charge < -0.3 is 5.11 Å². The molecular formula is C16H9F2NO3. The summed E-state index contributed by atoms with van der Waals surface area (Å²) in [5.41, 5.74) is 0.511. The Labute approximate surface area is 123 Å². The molecule has 0 aliphatic carbocycles. The lowest BCUT2D eigenvalue weighted by Gasteiger charge is -2.05. The third-order valence-electron chi connectivity index (χ3n) is 3.30. The molecule has 0 saturated carbocycles. The molecule has 6 heteroatoms. The lowest BCUT2D eigenvalue weighted by atomic mass is 9.96. The van der Waals surface area contributed by atoms with Crippen LogP contribution in [0.1, 0.15) is 11.1 Å². The van der Waals surface area contributed by atoms with Crippen molar-refractivity contribution in [3.8, 4) is 5.75 Å². The molecule has 2 aromatic carbocycles. The van der Waals surface area contributed by atoms with Crippen LogP contribution in [0.15, 0.2) is 42.5 Å². The van der Waals surface area contributed by atoms with Gasteiger partial charge in [0.05, 0.1) is 11.1 Å². The largest absolute Gasteiger partial charge is 0.508 e. The Bertz CT molecular complexity index is 826. The molecule has 0 saturated heterocycles. The molecule has 0 aromatic heterocycles. The monoisotopic (exact) mass is 301 g/mol. The first-order valence-corrected chi connectivity index (χ1v) is 6.32. The molecule has 0 spiro atoms. The number of halogens is 2. The molecule has 0 radical (unpaired) electrons. The molecule has 110 valence electrons. The van der Waals surface area contributed by atoms with E-state index in [-0.39, 0.29) is 22.5 Å². The molecule has 2 aromatic rings. The molecule has 1 aliphatic heterocycles. The standard InChI is InChI=1S/C16H9F2NO3/c17-11-6-3-9(7-12(11)18)14-13(15(21)19-16(14)22)8-1-4-10(20)5-2-8/h1-7,20H,(H,19,21,22). The van der Waals surface area contributed by atoms with Crippen LogP contribution < -0.4 is 5.32 Å². The molecule has 0 atom stereocenters. The summed E-state index contributed by atoms with van der Waals surface area (Å²) < 4.78 is 26.4. The van der Waals surface area contributed by atoms with Crippen molar-refractivity contribution < 1.29 is 23.5 Å². The first kappa shape index (κ1) is 13.9. The van der Waals surface area contributed by atoms with Crippen LogP contribution >= 0.6 is 0 Å². The Balaban J connectivity index is 2.22. The number of imide groups is 1. The second-order valence-corrected chi connectivity index (χ2v) is 4.71. The van der Waals surface area contributed by atoms with Crippen LogP contribution in [0.3, 0.4) is 0 Å². The number of benzene rings is 2. The number of phenolic OH excluding ortho intramolecular Hbond substituents is 1. The number of aromatic hydroxyl groups is 1. The van der Waals surface area contributed by atoms with Crippen molar-refractivity contribution >= 4 is 23.0 Å². The van der Waals surface area contributed by atoms with E-state index >= 15 is 0 Å². The van der Waals surface area contributed by atoms with Crippen LogP contribution in [0.25, 0.3) is 11.1 Å². The SMILES string of the molecule is O=C1NC(=O)C(c2ccc(F)c(F)c2)=C1c1ccc(O)cc1. The lowest BCUT2D eigenvalue weighted by molar-refractivity contribution is -0.122. The van der Waals surface area contributed by atoms with Crippen LogP contribution in [0.4, 0.5) is 8.78 Å². The van der Waals surface area contributed by atoms with Gasteiger partial charge in [0, 0.05) is 0 Å². The van der Waals surface area contributed by atoms with E-state index < -0.39 is 23.4 Å². The van der Waals surface area contributed by atoms with Crippen molar-refractivity contribution in [3.63, 3.8) is 0 Å². The fraction of sp³-hybridized carbons (Fsp3) is 0. The molecule has 0 unspecified atom stereocenters. The molecule has 1 heterocycles. The van der Waals surface area contributed by atoms with Gasteiger partial charge in [-0.15, -0.1) is 0 Å². The molecule has 3 rings (SSSR count). The number of rotatable bonds is 2. The van der Waals surface area contributed by atoms with Gasteiger partial charge in [-0.05, 0) is 35.4 Å². The van der Waals surface area contributed by atoms with Crippen LogP contribution in [0.5, 0.6) is 5.75 Å². The van der Waals surface area contributed by atoms with E-state index in [1.165, 1.54) is 30.3 Å². The zero-order valence-corrected chi connectivity index (χ0v) is 11.1. The zero-order valence-electron chi connectivity index (χ0n) is 11.1. The van der Waals surface area contributed by atoms with Gasteiger partial charge in [0.25, 0.3) is 11.8 Å². The average Bonchev–Trinajstić information content (AvgIpc) is 2.77. The first-order valence-electron chi connectivity index (χ1n) is 6.32. The van der Waals surface area contributed by atoms with Gasteiger partial charge >= 0.3 is 0 Å². The predicted molar refractivity (Wildman–Crippen MR) is 74.4 cm³/mol. The van der Waals surface area contributed by atoms with Crippen LogP contribution in [-0.2, 0) is 9.59 Å². The summed E-state index contributed by atoms with van der Waals surface area (Å²) in [5, 5.41) is 11.4. The first-order chi connectivity index (χ1) is 10.5. The van der Waals surface area contributed by atoms with Crippen molar-refractivity contribution in [2.24, 2.45) is 0 Å². The topological polar surface area (TPSA) is 66.4 Å². The van der Waals surface area contributed by atoms with Crippen molar-refractivity contribution in [2.75, 3.05) is 0 Å². The summed E-state index contributed by atoms with van der Waals surface area (Å²) in [7, 11) is 0. The maximum Gasteiger partial charge on any atom is 0.259 e. The Kier molecular flexibility index (Phi) is 3.21. The van der Waals surface area contributed by atoms with E-state index in [2.05, 4.69) is 5.32 Å². The normalized spacial score (nSPS) is 14.5. The molecule has 2 amide bonds. The van der Waals surface area contributed by atoms with E-state index in [0.717, 1.165) is 12.1 Å². The number of nitrogens with one attached hydrogen (secondary N) is 1. The van der Waals surface area contributed by atoms with Crippen LogP contribution in [0, 0.1) is 11.6 Å². The second kappa shape index (κ2) is 5.07. The van der Waals surface area contributed by atoms with Crippen molar-refractivity contribution in [1.29, 1.82) is 0 Å². The summed E-state index contributed by atoms with van der Waals surface area (Å²) in [6.07, 6.45) is 0.